The predicted molar refractivity (Wildman–Crippen MR) is 127 cm³/mol. The first-order chi connectivity index (χ1) is 15.2. The SMILES string of the molecule is C=CC(=O)NCc1cccc([C@H](C)NC2=CN=CC(C)(C3(C)C=C(OC)C(O)=CC3)N2)c1. The number of allylic oxidation sites excluding steroid dienone is 1. The standard InChI is InChI=1S/C25H32N4O3/c1-6-23(31)27-14-18-8-7-9-19(12-18)17(2)28-22-15-26-16-25(4,29-22)24(3)11-10-20(30)21(13-24)32-5/h6-10,12-13,15-17,28-30H,1,11,14H2,2-5H3,(H,27,31)/t17-,24?,25?/m0/s1. The first-order valence-corrected chi connectivity index (χ1v) is 10.6. The van der Waals surface area contributed by atoms with Gasteiger partial charge in [0.25, 0.3) is 0 Å². The fourth-order valence-corrected chi connectivity index (χ4v) is 3.88. The molecule has 0 aromatic heterocycles. The van der Waals surface area contributed by atoms with E-state index >= 15 is 0 Å². The Kier molecular flexibility index (Phi) is 6.77. The van der Waals surface area contributed by atoms with Crippen molar-refractivity contribution in [3.63, 3.8) is 0 Å². The molecule has 170 valence electrons. The van der Waals surface area contributed by atoms with E-state index in [1.54, 1.807) is 19.4 Å². The summed E-state index contributed by atoms with van der Waals surface area (Å²) >= 11 is 0. The second kappa shape index (κ2) is 9.34. The Hall–Kier alpha value is -3.48. The van der Waals surface area contributed by atoms with Gasteiger partial charge in [-0.05, 0) is 49.6 Å². The van der Waals surface area contributed by atoms with Crippen molar-refractivity contribution in [2.24, 2.45) is 10.4 Å². The molecule has 0 fully saturated rings. The molecule has 1 heterocycles. The van der Waals surface area contributed by atoms with E-state index in [0.717, 1.165) is 16.9 Å². The van der Waals surface area contributed by atoms with Gasteiger partial charge in [0.05, 0.1) is 18.8 Å². The highest BCUT2D eigenvalue weighted by Gasteiger charge is 2.45. The van der Waals surface area contributed by atoms with Gasteiger partial charge in [0.1, 0.15) is 5.82 Å². The van der Waals surface area contributed by atoms with E-state index in [-0.39, 0.29) is 23.1 Å². The Morgan fingerprint density at radius 2 is 2.22 bits per heavy atom. The molecular weight excluding hydrogens is 404 g/mol. The molecule has 0 saturated heterocycles. The molecular formula is C25H32N4O3. The van der Waals surface area contributed by atoms with Crippen LogP contribution in [0.1, 0.15) is 44.4 Å². The first-order valence-electron chi connectivity index (χ1n) is 10.6. The number of methoxy groups -OCH3 is 1. The van der Waals surface area contributed by atoms with Crippen LogP contribution in [0.25, 0.3) is 0 Å². The van der Waals surface area contributed by atoms with E-state index in [1.165, 1.54) is 6.08 Å². The molecule has 3 rings (SSSR count). The van der Waals surface area contributed by atoms with E-state index in [1.807, 2.05) is 30.5 Å². The molecule has 0 saturated carbocycles. The van der Waals surface area contributed by atoms with Crippen LogP contribution in [-0.4, -0.2) is 29.9 Å². The molecule has 4 N–H and O–H groups in total. The summed E-state index contributed by atoms with van der Waals surface area (Å²) in [5.74, 6) is 1.24. The van der Waals surface area contributed by atoms with Crippen LogP contribution in [0.4, 0.5) is 0 Å². The number of nitrogens with one attached hydrogen (secondary N) is 3. The van der Waals surface area contributed by atoms with E-state index in [0.29, 0.717) is 18.7 Å². The minimum Gasteiger partial charge on any atom is -0.504 e. The lowest BCUT2D eigenvalue weighted by atomic mass is 9.67. The number of nitrogens with zero attached hydrogens (tertiary/aromatic N) is 1. The highest BCUT2D eigenvalue weighted by atomic mass is 16.5. The van der Waals surface area contributed by atoms with Crippen LogP contribution in [0.5, 0.6) is 0 Å². The van der Waals surface area contributed by atoms with E-state index in [4.69, 9.17) is 4.74 Å². The lowest BCUT2D eigenvalue weighted by Crippen LogP contribution is -2.58. The van der Waals surface area contributed by atoms with Crippen LogP contribution in [0, 0.1) is 5.41 Å². The third-order valence-electron chi connectivity index (χ3n) is 6.23. The predicted octanol–water partition coefficient (Wildman–Crippen LogP) is 3.75. The molecule has 1 aliphatic carbocycles. The summed E-state index contributed by atoms with van der Waals surface area (Å²) < 4.78 is 5.35. The molecule has 1 aliphatic heterocycles. The lowest BCUT2D eigenvalue weighted by Gasteiger charge is -2.46. The zero-order chi connectivity index (χ0) is 23.4. The number of ether oxygens (including phenoxy) is 1. The third kappa shape index (κ3) is 4.88. The maximum atomic E-state index is 11.4. The first kappa shape index (κ1) is 23.2. The number of carbonyl (C=O) groups excluding carboxylic acids is 1. The molecule has 0 bridgehead atoms. The Morgan fingerprint density at radius 1 is 1.44 bits per heavy atom. The van der Waals surface area contributed by atoms with E-state index < -0.39 is 5.54 Å². The molecule has 32 heavy (non-hydrogen) atoms. The lowest BCUT2D eigenvalue weighted by molar-refractivity contribution is -0.116. The minimum absolute atomic E-state index is 0.00883. The van der Waals surface area contributed by atoms with E-state index in [2.05, 4.69) is 54.4 Å². The zero-order valence-electron chi connectivity index (χ0n) is 19.1. The molecule has 7 nitrogen and oxygen atoms in total. The van der Waals surface area contributed by atoms with Gasteiger partial charge in [0, 0.05) is 24.2 Å². The maximum absolute atomic E-state index is 11.4. The maximum Gasteiger partial charge on any atom is 0.243 e. The van der Waals surface area contributed by atoms with Gasteiger partial charge >= 0.3 is 0 Å². The highest BCUT2D eigenvalue weighted by Crippen LogP contribution is 2.42. The summed E-state index contributed by atoms with van der Waals surface area (Å²) in [6.07, 6.45) is 9.31. The largest absolute Gasteiger partial charge is 0.504 e. The third-order valence-corrected chi connectivity index (χ3v) is 6.23. The molecule has 1 amide bonds. The van der Waals surface area contributed by atoms with Crippen LogP contribution in [0.15, 0.2) is 77.6 Å². The van der Waals surface area contributed by atoms with Gasteiger partial charge in [-0.3, -0.25) is 9.79 Å². The van der Waals surface area contributed by atoms with Crippen LogP contribution < -0.4 is 16.0 Å². The quantitative estimate of drug-likeness (QED) is 0.466. The van der Waals surface area contributed by atoms with Gasteiger partial charge in [-0.25, -0.2) is 0 Å². The summed E-state index contributed by atoms with van der Waals surface area (Å²) in [7, 11) is 1.55. The Morgan fingerprint density at radius 3 is 2.94 bits per heavy atom. The Labute approximate surface area is 189 Å². The number of carbonyl (C=O) groups is 1. The molecule has 2 aliphatic rings. The van der Waals surface area contributed by atoms with Crippen molar-refractivity contribution in [3.8, 4) is 0 Å². The minimum atomic E-state index is -0.498. The molecule has 7 heteroatoms. The van der Waals surface area contributed by atoms with Crippen molar-refractivity contribution < 1.29 is 14.6 Å². The van der Waals surface area contributed by atoms with Crippen LogP contribution in [-0.2, 0) is 16.1 Å². The van der Waals surface area contributed by atoms with Gasteiger partial charge in [0.2, 0.25) is 5.91 Å². The number of aliphatic hydroxyl groups excluding tert-OH is 1. The summed E-state index contributed by atoms with van der Waals surface area (Å²) in [6.45, 7) is 10.2. The number of hydrogen-bond donors (Lipinski definition) is 4. The van der Waals surface area contributed by atoms with Crippen molar-refractivity contribution >= 4 is 12.1 Å². The Balaban J connectivity index is 1.71. The van der Waals surface area contributed by atoms with Crippen molar-refractivity contribution in [1.82, 2.24) is 16.0 Å². The van der Waals surface area contributed by atoms with Gasteiger partial charge < -0.3 is 25.8 Å². The van der Waals surface area contributed by atoms with Crippen molar-refractivity contribution in [3.05, 3.63) is 83.7 Å². The van der Waals surface area contributed by atoms with Gasteiger partial charge in [0.15, 0.2) is 11.5 Å². The molecule has 1 aromatic carbocycles. The summed E-state index contributed by atoms with van der Waals surface area (Å²) in [5.41, 5.74) is 1.24. The second-order valence-electron chi connectivity index (χ2n) is 8.60. The molecule has 1 aromatic rings. The Bertz CT molecular complexity index is 1010. The summed E-state index contributed by atoms with van der Waals surface area (Å²) in [6, 6.07) is 8.08. The van der Waals surface area contributed by atoms with Crippen molar-refractivity contribution in [2.45, 2.75) is 45.3 Å². The average Bonchev–Trinajstić information content (AvgIpc) is 2.79. The van der Waals surface area contributed by atoms with Crippen LogP contribution in [0.2, 0.25) is 0 Å². The zero-order valence-corrected chi connectivity index (χ0v) is 19.1. The second-order valence-corrected chi connectivity index (χ2v) is 8.60. The summed E-state index contributed by atoms with van der Waals surface area (Å²) in [4.78, 5) is 15.9. The van der Waals surface area contributed by atoms with Crippen LogP contribution >= 0.6 is 0 Å². The molecule has 0 radical (unpaired) electrons. The topological polar surface area (TPSA) is 95.0 Å². The molecule has 3 atom stereocenters. The van der Waals surface area contributed by atoms with Crippen molar-refractivity contribution in [2.75, 3.05) is 7.11 Å². The normalized spacial score (nSPS) is 25.4. The fraction of sp³-hybridized carbons (Fsp3) is 0.360. The van der Waals surface area contributed by atoms with Gasteiger partial charge in [-0.2, -0.15) is 0 Å². The number of amides is 1. The van der Waals surface area contributed by atoms with E-state index in [9.17, 15) is 9.90 Å². The number of aliphatic imine (C=N–C) groups is 1. The highest BCUT2D eigenvalue weighted by molar-refractivity contribution is 5.86. The van der Waals surface area contributed by atoms with Gasteiger partial charge in [-0.15, -0.1) is 0 Å². The smallest absolute Gasteiger partial charge is 0.243 e. The molecule has 2 unspecified atom stereocenters. The summed E-state index contributed by atoms with van der Waals surface area (Å²) in [5, 5.41) is 19.9. The fourth-order valence-electron chi connectivity index (χ4n) is 3.88. The number of hydrogen-bond acceptors (Lipinski definition) is 6. The number of aliphatic hydroxyl groups is 1. The van der Waals surface area contributed by atoms with Gasteiger partial charge in [-0.1, -0.05) is 37.8 Å². The van der Waals surface area contributed by atoms with Crippen molar-refractivity contribution in [1.29, 1.82) is 0 Å². The monoisotopic (exact) mass is 436 g/mol. The number of rotatable bonds is 8. The van der Waals surface area contributed by atoms with Crippen LogP contribution in [0.3, 0.4) is 0 Å². The average molecular weight is 437 g/mol. The number of benzene rings is 1. The molecule has 0 spiro atoms.